The number of hydrogen-bond donors (Lipinski definition) is 3. The van der Waals surface area contributed by atoms with E-state index in [1.54, 1.807) is 0 Å². The molecule has 0 spiro atoms. The van der Waals surface area contributed by atoms with Crippen LogP contribution in [-0.2, 0) is 11.2 Å². The predicted molar refractivity (Wildman–Crippen MR) is 79.8 cm³/mol. The van der Waals surface area contributed by atoms with Crippen molar-refractivity contribution in [2.24, 2.45) is 0 Å². The molecule has 0 fully saturated rings. The normalized spacial score (nSPS) is 13.1. The predicted octanol–water partition coefficient (Wildman–Crippen LogP) is 1.42. The number of aromatic amines is 2. The smallest absolute Gasteiger partial charge is 0.413 e. The Labute approximate surface area is 130 Å². The summed E-state index contributed by atoms with van der Waals surface area (Å²) in [5, 5.41) is 2.26. The molecule has 0 unspecified atom stereocenters. The first kappa shape index (κ1) is 9.72. The average molecular weight is 303 g/mol. The molecule has 0 saturated heterocycles. The topological polar surface area (TPSA) is 113 Å². The molecule has 3 heterocycles. The largest absolute Gasteiger partial charge is 0.453 e. The third-order valence-electron chi connectivity index (χ3n) is 2.90. The van der Waals surface area contributed by atoms with E-state index in [9.17, 15) is 9.59 Å². The molecule has 0 radical (unpaired) electrons. The van der Waals surface area contributed by atoms with E-state index in [4.69, 9.17) is 5.48 Å². The van der Waals surface area contributed by atoms with Crippen LogP contribution in [0.2, 0.25) is 0 Å². The maximum atomic E-state index is 12.1. The first-order chi connectivity index (χ1) is 12.3. The maximum Gasteiger partial charge on any atom is 0.413 e. The van der Waals surface area contributed by atoms with Gasteiger partial charge in [0, 0.05) is 30.5 Å². The van der Waals surface area contributed by atoms with Crippen LogP contribution in [0.5, 0.6) is 0 Å². The van der Waals surface area contributed by atoms with Crippen molar-refractivity contribution in [3.05, 3.63) is 52.1 Å². The zero-order valence-corrected chi connectivity index (χ0v) is 11.4. The summed E-state index contributed by atoms with van der Waals surface area (Å²) in [4.78, 5) is 36.3. The molecule has 0 aliphatic heterocycles. The molecule has 0 aliphatic rings. The molecule has 3 aromatic rings. The van der Waals surface area contributed by atoms with Gasteiger partial charge in [-0.25, -0.2) is 9.78 Å². The lowest BCUT2D eigenvalue weighted by Crippen LogP contribution is -2.18. The van der Waals surface area contributed by atoms with E-state index in [1.807, 2.05) is 0 Å². The van der Waals surface area contributed by atoms with E-state index in [2.05, 4.69) is 30.0 Å². The van der Waals surface area contributed by atoms with Crippen molar-refractivity contribution >= 4 is 23.1 Å². The fourth-order valence-corrected chi connectivity index (χ4v) is 1.94. The van der Waals surface area contributed by atoms with Gasteiger partial charge in [-0.15, -0.1) is 0 Å². The van der Waals surface area contributed by atoms with Crippen molar-refractivity contribution in [3.63, 3.8) is 0 Å². The molecule has 3 N–H and O–H groups in total. The third-order valence-corrected chi connectivity index (χ3v) is 2.90. The molecule has 8 heteroatoms. The van der Waals surface area contributed by atoms with Gasteiger partial charge in [0.1, 0.15) is 11.0 Å². The molecule has 8 nitrogen and oxygen atoms in total. The summed E-state index contributed by atoms with van der Waals surface area (Å²) in [7, 11) is 1.17. The van der Waals surface area contributed by atoms with E-state index < -0.39 is 17.8 Å². The number of rotatable bonds is 3. The fraction of sp³-hybridized carbons (Fsp3) is 0.143. The summed E-state index contributed by atoms with van der Waals surface area (Å²) in [6, 6.07) is -0.656. The summed E-state index contributed by atoms with van der Waals surface area (Å²) in [6.07, 6.45) is -0.0397. The highest BCUT2D eigenvalue weighted by Crippen LogP contribution is 2.17. The number of fused-ring (bicyclic) bond motifs is 1. The second-order valence-corrected chi connectivity index (χ2v) is 4.31. The maximum absolute atomic E-state index is 12.1. The van der Waals surface area contributed by atoms with Crippen LogP contribution >= 0.6 is 0 Å². The Balaban J connectivity index is 2.08. The fourth-order valence-electron chi connectivity index (χ4n) is 1.94. The van der Waals surface area contributed by atoms with Crippen LogP contribution in [-0.4, -0.2) is 33.1 Å². The second kappa shape index (κ2) is 5.68. The van der Waals surface area contributed by atoms with Crippen molar-refractivity contribution in [2.75, 3.05) is 12.4 Å². The van der Waals surface area contributed by atoms with Gasteiger partial charge >= 0.3 is 6.09 Å². The van der Waals surface area contributed by atoms with Crippen LogP contribution in [0.15, 0.2) is 35.4 Å². The van der Waals surface area contributed by atoms with Crippen molar-refractivity contribution in [3.8, 4) is 0 Å². The molecule has 0 bridgehead atoms. The standard InChI is InChI=1S/C14H13N5O3/c1-22-14(21)19-13-17-10-9(5-8-3-2-4-15-6-8)7-16-11(10)12(20)18-13/h2-4,6-7,16H,5H2,1H3,(H2,17,18,19,20,21)/i2D,3D,4D,6D. The SMILES string of the molecule is [2H]c1nc([2H])c(Cc2c[nH]c3c(=O)[nH]c(NC(=O)OC)nc23)c([2H])c1[2H]. The van der Waals surface area contributed by atoms with Gasteiger partial charge in [0.25, 0.3) is 5.56 Å². The number of anilines is 1. The Hall–Kier alpha value is -3.16. The van der Waals surface area contributed by atoms with E-state index in [0.29, 0.717) is 5.56 Å². The molecule has 0 atom stereocenters. The lowest BCUT2D eigenvalue weighted by Gasteiger charge is -2.03. The van der Waals surface area contributed by atoms with E-state index >= 15 is 0 Å². The minimum absolute atomic E-state index is 0.00490. The van der Waals surface area contributed by atoms with Gasteiger partial charge in [-0.1, -0.05) is 6.04 Å². The lowest BCUT2D eigenvalue weighted by atomic mass is 10.1. The number of carbonyl (C=O) groups is 1. The van der Waals surface area contributed by atoms with E-state index in [0.717, 1.165) is 0 Å². The number of amides is 1. The minimum Gasteiger partial charge on any atom is -0.453 e. The number of H-pyrrole nitrogens is 2. The summed E-state index contributed by atoms with van der Waals surface area (Å²) in [5.41, 5.74) is 0.479. The highest BCUT2D eigenvalue weighted by atomic mass is 16.5. The van der Waals surface area contributed by atoms with Crippen molar-refractivity contribution < 1.29 is 15.0 Å². The first-order valence-electron chi connectivity index (χ1n) is 8.20. The Kier molecular flexibility index (Phi) is 2.51. The molecular weight excluding hydrogens is 286 g/mol. The number of methoxy groups -OCH3 is 1. The Morgan fingerprint density at radius 1 is 1.55 bits per heavy atom. The van der Waals surface area contributed by atoms with Crippen LogP contribution in [0.3, 0.4) is 0 Å². The minimum atomic E-state index is -0.805. The Bertz CT molecular complexity index is 1080. The van der Waals surface area contributed by atoms with Crippen LogP contribution in [0.4, 0.5) is 10.7 Å². The molecule has 112 valence electrons. The number of pyridine rings is 1. The Morgan fingerprint density at radius 2 is 2.41 bits per heavy atom. The van der Waals surface area contributed by atoms with E-state index in [1.165, 1.54) is 13.3 Å². The van der Waals surface area contributed by atoms with Crippen molar-refractivity contribution in [2.45, 2.75) is 6.42 Å². The lowest BCUT2D eigenvalue weighted by molar-refractivity contribution is 0.186. The molecule has 0 aliphatic carbocycles. The molecule has 3 rings (SSSR count). The van der Waals surface area contributed by atoms with E-state index in [-0.39, 0.29) is 47.2 Å². The molecule has 0 saturated carbocycles. The zero-order valence-electron chi connectivity index (χ0n) is 15.4. The highest BCUT2D eigenvalue weighted by molar-refractivity contribution is 5.85. The molecule has 22 heavy (non-hydrogen) atoms. The first-order valence-corrected chi connectivity index (χ1v) is 6.20. The zero-order chi connectivity index (χ0) is 19.0. The molecule has 1 amide bonds. The average Bonchev–Trinajstić information content (AvgIpc) is 3.00. The number of ether oxygens (including phenoxy) is 1. The number of nitrogens with one attached hydrogen (secondary N) is 3. The third kappa shape index (κ3) is 2.66. The van der Waals surface area contributed by atoms with Crippen LogP contribution < -0.4 is 10.9 Å². The highest BCUT2D eigenvalue weighted by Gasteiger charge is 2.12. The van der Waals surface area contributed by atoms with Gasteiger partial charge in [0.2, 0.25) is 5.95 Å². The van der Waals surface area contributed by atoms with Gasteiger partial charge in [0.05, 0.1) is 12.6 Å². The van der Waals surface area contributed by atoms with Crippen LogP contribution in [0, 0.1) is 0 Å². The van der Waals surface area contributed by atoms with Crippen LogP contribution in [0.1, 0.15) is 16.6 Å². The van der Waals surface area contributed by atoms with Gasteiger partial charge in [-0.3, -0.25) is 20.1 Å². The monoisotopic (exact) mass is 303 g/mol. The number of carbonyl (C=O) groups excluding carboxylic acids is 1. The summed E-state index contributed by atoms with van der Waals surface area (Å²) >= 11 is 0. The summed E-state index contributed by atoms with van der Waals surface area (Å²) < 4.78 is 35.4. The molecule has 0 aromatic carbocycles. The molecular formula is C14H13N5O3. The summed E-state index contributed by atoms with van der Waals surface area (Å²) in [6.45, 7) is 0. The number of aromatic nitrogens is 4. The van der Waals surface area contributed by atoms with Gasteiger partial charge in [-0.05, 0) is 11.6 Å². The number of hydrogen-bond acceptors (Lipinski definition) is 5. The van der Waals surface area contributed by atoms with Crippen molar-refractivity contribution in [1.29, 1.82) is 0 Å². The quantitative estimate of drug-likeness (QED) is 0.677. The van der Waals surface area contributed by atoms with Gasteiger partial charge in [0.15, 0.2) is 0 Å². The van der Waals surface area contributed by atoms with Crippen LogP contribution in [0.25, 0.3) is 11.0 Å². The van der Waals surface area contributed by atoms with Gasteiger partial charge in [-0.2, -0.15) is 0 Å². The number of nitrogens with zero attached hydrogens (tertiary/aromatic N) is 2. The molecule has 3 aromatic heterocycles. The summed E-state index contributed by atoms with van der Waals surface area (Å²) in [5.74, 6) is -0.117. The second-order valence-electron chi connectivity index (χ2n) is 4.31. The van der Waals surface area contributed by atoms with Gasteiger partial charge < -0.3 is 9.72 Å². The Morgan fingerprint density at radius 3 is 3.23 bits per heavy atom. The van der Waals surface area contributed by atoms with Crippen molar-refractivity contribution in [1.82, 2.24) is 19.9 Å².